The third-order valence-electron chi connectivity index (χ3n) is 1.80. The van der Waals surface area contributed by atoms with Crippen LogP contribution in [0.15, 0.2) is 26.9 Å². The molecule has 0 aliphatic heterocycles. The van der Waals surface area contributed by atoms with Crippen molar-refractivity contribution >= 4 is 50.0 Å². The van der Waals surface area contributed by atoms with E-state index in [0.29, 0.717) is 0 Å². The van der Waals surface area contributed by atoms with E-state index >= 15 is 0 Å². The van der Waals surface area contributed by atoms with Crippen molar-refractivity contribution in [2.75, 3.05) is 7.11 Å². The molecule has 4 heteroatoms. The Labute approximate surface area is 94.3 Å². The molecule has 0 unspecified atom stereocenters. The smallest absolute Gasteiger partial charge is 0.136 e. The highest BCUT2D eigenvalue weighted by Crippen LogP contribution is 2.38. The van der Waals surface area contributed by atoms with Crippen LogP contribution in [0.4, 0.5) is 0 Å². The molecule has 0 fully saturated rings. The molecule has 1 aromatic heterocycles. The number of ether oxygens (including phenoxy) is 1. The van der Waals surface area contributed by atoms with Crippen molar-refractivity contribution in [1.82, 2.24) is 0 Å². The van der Waals surface area contributed by atoms with E-state index < -0.39 is 0 Å². The second-order valence-electron chi connectivity index (χ2n) is 2.58. The molecule has 1 heterocycles. The number of thiophene rings is 1. The van der Waals surface area contributed by atoms with Gasteiger partial charge in [-0.3, -0.25) is 0 Å². The van der Waals surface area contributed by atoms with E-state index in [1.54, 1.807) is 18.4 Å². The molecular weight excluding hydrogens is 268 g/mol. The third kappa shape index (κ3) is 1.58. The SMILES string of the molecule is COc1ccc(Br)c2cc(S)sc12. The van der Waals surface area contributed by atoms with Gasteiger partial charge in [-0.05, 0) is 18.2 Å². The minimum absolute atomic E-state index is 0.906. The molecule has 13 heavy (non-hydrogen) atoms. The van der Waals surface area contributed by atoms with Crippen molar-refractivity contribution < 1.29 is 4.74 Å². The van der Waals surface area contributed by atoms with E-state index in [-0.39, 0.29) is 0 Å². The first-order valence-electron chi connectivity index (χ1n) is 3.67. The maximum Gasteiger partial charge on any atom is 0.136 e. The lowest BCUT2D eigenvalue weighted by molar-refractivity contribution is 0.420. The average Bonchev–Trinajstić information content (AvgIpc) is 2.48. The summed E-state index contributed by atoms with van der Waals surface area (Å²) in [6.45, 7) is 0. The van der Waals surface area contributed by atoms with Gasteiger partial charge in [0, 0.05) is 9.86 Å². The van der Waals surface area contributed by atoms with Gasteiger partial charge in [-0.1, -0.05) is 15.9 Å². The Balaban J connectivity index is 2.83. The molecule has 0 radical (unpaired) electrons. The normalized spacial score (nSPS) is 10.7. The molecule has 0 saturated carbocycles. The monoisotopic (exact) mass is 274 g/mol. The van der Waals surface area contributed by atoms with Gasteiger partial charge < -0.3 is 4.74 Å². The Kier molecular flexibility index (Phi) is 2.53. The summed E-state index contributed by atoms with van der Waals surface area (Å²) in [6.07, 6.45) is 0. The van der Waals surface area contributed by atoms with Gasteiger partial charge in [0.15, 0.2) is 0 Å². The van der Waals surface area contributed by atoms with E-state index in [1.807, 2.05) is 18.2 Å². The third-order valence-corrected chi connectivity index (χ3v) is 3.85. The fraction of sp³-hybridized carbons (Fsp3) is 0.111. The first-order valence-corrected chi connectivity index (χ1v) is 5.73. The van der Waals surface area contributed by atoms with Crippen LogP contribution in [0.2, 0.25) is 0 Å². The Morgan fingerprint density at radius 2 is 2.23 bits per heavy atom. The van der Waals surface area contributed by atoms with Gasteiger partial charge in [-0.25, -0.2) is 0 Å². The van der Waals surface area contributed by atoms with Crippen LogP contribution in [0.1, 0.15) is 0 Å². The summed E-state index contributed by atoms with van der Waals surface area (Å²) < 4.78 is 8.48. The van der Waals surface area contributed by atoms with Crippen LogP contribution in [0.25, 0.3) is 10.1 Å². The summed E-state index contributed by atoms with van der Waals surface area (Å²) in [6, 6.07) is 5.98. The standard InChI is InChI=1S/C9H7BrOS2/c1-11-7-3-2-6(10)5-4-8(12)13-9(5)7/h2-4,12H,1H3. The molecule has 0 aliphatic carbocycles. The molecule has 0 aliphatic rings. The second kappa shape index (κ2) is 3.52. The van der Waals surface area contributed by atoms with E-state index in [0.717, 1.165) is 24.5 Å². The second-order valence-corrected chi connectivity index (χ2v) is 5.27. The largest absolute Gasteiger partial charge is 0.495 e. The van der Waals surface area contributed by atoms with Crippen LogP contribution in [0.5, 0.6) is 5.75 Å². The summed E-state index contributed by atoms with van der Waals surface area (Å²) >= 11 is 9.44. The molecule has 0 N–H and O–H groups in total. The fourth-order valence-electron chi connectivity index (χ4n) is 1.21. The van der Waals surface area contributed by atoms with Gasteiger partial charge in [0.2, 0.25) is 0 Å². The number of methoxy groups -OCH3 is 1. The molecule has 2 aromatic rings. The van der Waals surface area contributed by atoms with E-state index in [2.05, 4.69) is 28.6 Å². The number of benzene rings is 1. The highest BCUT2D eigenvalue weighted by molar-refractivity contribution is 9.10. The quantitative estimate of drug-likeness (QED) is 0.775. The number of fused-ring (bicyclic) bond motifs is 1. The zero-order chi connectivity index (χ0) is 9.42. The number of hydrogen-bond donors (Lipinski definition) is 1. The van der Waals surface area contributed by atoms with Gasteiger partial charge in [0.05, 0.1) is 16.0 Å². The molecule has 0 spiro atoms. The van der Waals surface area contributed by atoms with Crippen molar-refractivity contribution in [1.29, 1.82) is 0 Å². The molecule has 0 saturated heterocycles. The average molecular weight is 275 g/mol. The topological polar surface area (TPSA) is 9.23 Å². The van der Waals surface area contributed by atoms with E-state index in [9.17, 15) is 0 Å². The Morgan fingerprint density at radius 3 is 2.92 bits per heavy atom. The lowest BCUT2D eigenvalue weighted by atomic mass is 10.2. The molecule has 0 bridgehead atoms. The molecule has 1 nitrogen and oxygen atoms in total. The first kappa shape index (κ1) is 9.37. The first-order chi connectivity index (χ1) is 6.22. The maximum absolute atomic E-state index is 5.25. The van der Waals surface area contributed by atoms with Crippen LogP contribution >= 0.6 is 39.9 Å². The van der Waals surface area contributed by atoms with Crippen LogP contribution in [0.3, 0.4) is 0 Å². The van der Waals surface area contributed by atoms with Crippen molar-refractivity contribution in [2.45, 2.75) is 4.21 Å². The van der Waals surface area contributed by atoms with Crippen LogP contribution in [-0.4, -0.2) is 7.11 Å². The van der Waals surface area contributed by atoms with Crippen molar-refractivity contribution in [3.05, 3.63) is 22.7 Å². The predicted octanol–water partition coefficient (Wildman–Crippen LogP) is 3.96. The minimum Gasteiger partial charge on any atom is -0.495 e. The van der Waals surface area contributed by atoms with Gasteiger partial charge in [-0.15, -0.1) is 24.0 Å². The van der Waals surface area contributed by atoms with Crippen LogP contribution < -0.4 is 4.74 Å². The zero-order valence-corrected chi connectivity index (χ0v) is 10.2. The zero-order valence-electron chi connectivity index (χ0n) is 6.87. The van der Waals surface area contributed by atoms with Crippen LogP contribution in [0, 0.1) is 0 Å². The maximum atomic E-state index is 5.25. The number of rotatable bonds is 1. The Morgan fingerprint density at radius 1 is 1.46 bits per heavy atom. The lowest BCUT2D eigenvalue weighted by Crippen LogP contribution is -1.81. The van der Waals surface area contributed by atoms with Gasteiger partial charge in [-0.2, -0.15) is 0 Å². The van der Waals surface area contributed by atoms with E-state index in [4.69, 9.17) is 4.74 Å². The molecule has 2 rings (SSSR count). The Hall–Kier alpha value is -0.190. The van der Waals surface area contributed by atoms with Gasteiger partial charge in [0.1, 0.15) is 5.75 Å². The molecule has 0 amide bonds. The number of hydrogen-bond acceptors (Lipinski definition) is 3. The highest BCUT2D eigenvalue weighted by Gasteiger charge is 2.07. The fourth-order valence-corrected chi connectivity index (χ4v) is 3.11. The molecule has 68 valence electrons. The molecule has 1 aromatic carbocycles. The van der Waals surface area contributed by atoms with Gasteiger partial charge in [0.25, 0.3) is 0 Å². The summed E-state index contributed by atoms with van der Waals surface area (Å²) in [5.74, 6) is 0.906. The number of thiol groups is 1. The summed E-state index contributed by atoms with van der Waals surface area (Å²) in [4.78, 5) is 0. The summed E-state index contributed by atoms with van der Waals surface area (Å²) in [7, 11) is 1.68. The van der Waals surface area contributed by atoms with Crippen molar-refractivity contribution in [2.24, 2.45) is 0 Å². The van der Waals surface area contributed by atoms with Crippen molar-refractivity contribution in [3.63, 3.8) is 0 Å². The number of halogens is 1. The lowest BCUT2D eigenvalue weighted by Gasteiger charge is -2.01. The predicted molar refractivity (Wildman–Crippen MR) is 63.3 cm³/mol. The Bertz CT molecular complexity index is 450. The van der Waals surface area contributed by atoms with Gasteiger partial charge >= 0.3 is 0 Å². The highest BCUT2D eigenvalue weighted by atomic mass is 79.9. The van der Waals surface area contributed by atoms with E-state index in [1.165, 1.54) is 0 Å². The molecular formula is C9H7BrOS2. The minimum atomic E-state index is 0.906. The summed E-state index contributed by atoms with van der Waals surface area (Å²) in [5, 5.41) is 1.16. The summed E-state index contributed by atoms with van der Waals surface area (Å²) in [5.41, 5.74) is 0. The molecule has 0 atom stereocenters. The van der Waals surface area contributed by atoms with Crippen molar-refractivity contribution in [3.8, 4) is 5.75 Å². The van der Waals surface area contributed by atoms with Crippen LogP contribution in [-0.2, 0) is 0 Å².